The Morgan fingerprint density at radius 2 is 1.35 bits per heavy atom. The van der Waals surface area contributed by atoms with Gasteiger partial charge in [-0.05, 0) is 48.6 Å². The second-order valence-electron chi connectivity index (χ2n) is 8.88. The van der Waals surface area contributed by atoms with E-state index < -0.39 is 0 Å². The summed E-state index contributed by atoms with van der Waals surface area (Å²) in [6, 6.07) is 0. The Kier molecular flexibility index (Phi) is 4.34. The highest BCUT2D eigenvalue weighted by Crippen LogP contribution is 2.41. The second-order valence-corrected chi connectivity index (χ2v) is 8.88. The zero-order chi connectivity index (χ0) is 13.3. The molecule has 1 aliphatic heterocycles. The fourth-order valence-electron chi connectivity index (χ4n) is 3.38. The van der Waals surface area contributed by atoms with E-state index in [9.17, 15) is 0 Å². The van der Waals surface area contributed by atoms with Crippen molar-refractivity contribution in [3.63, 3.8) is 0 Å². The van der Waals surface area contributed by atoms with E-state index in [0.29, 0.717) is 16.2 Å². The summed E-state index contributed by atoms with van der Waals surface area (Å²) in [6.45, 7) is 20.5. The Morgan fingerprint density at radius 1 is 0.882 bits per heavy atom. The zero-order valence-electron chi connectivity index (χ0n) is 13.2. The van der Waals surface area contributed by atoms with Crippen molar-refractivity contribution in [1.29, 1.82) is 0 Å². The quantitative estimate of drug-likeness (QED) is 0.682. The Balaban J connectivity index is 2.45. The Bertz CT molecular complexity index is 233. The van der Waals surface area contributed by atoms with Crippen LogP contribution >= 0.6 is 0 Å². The summed E-state index contributed by atoms with van der Waals surface area (Å²) in [7, 11) is 0. The average Bonchev–Trinajstić information content (AvgIpc) is 2.04. The molecular formula is C16H33N. The molecule has 1 aliphatic rings. The highest BCUT2D eigenvalue weighted by molar-refractivity contribution is 4.87. The number of piperidine rings is 1. The van der Waals surface area contributed by atoms with Crippen molar-refractivity contribution in [2.24, 2.45) is 16.2 Å². The minimum Gasteiger partial charge on any atom is -0.303 e. The van der Waals surface area contributed by atoms with Crippen LogP contribution in [0.15, 0.2) is 0 Å². The maximum atomic E-state index is 2.66. The Morgan fingerprint density at radius 3 is 1.71 bits per heavy atom. The molecule has 0 aliphatic carbocycles. The lowest BCUT2D eigenvalue weighted by atomic mass is 9.69. The summed E-state index contributed by atoms with van der Waals surface area (Å²) in [5.41, 5.74) is 1.49. The van der Waals surface area contributed by atoms with E-state index in [1.54, 1.807) is 0 Å². The topological polar surface area (TPSA) is 3.24 Å². The molecule has 0 bridgehead atoms. The largest absolute Gasteiger partial charge is 0.303 e. The predicted molar refractivity (Wildman–Crippen MR) is 77.3 cm³/mol. The van der Waals surface area contributed by atoms with Gasteiger partial charge in [0.2, 0.25) is 0 Å². The summed E-state index contributed by atoms with van der Waals surface area (Å²) in [5.74, 6) is 0. The minimum atomic E-state index is 0.442. The van der Waals surface area contributed by atoms with Gasteiger partial charge in [-0.25, -0.2) is 0 Å². The second kappa shape index (κ2) is 4.91. The summed E-state index contributed by atoms with van der Waals surface area (Å²) in [6.07, 6.45) is 4.12. The molecule has 0 N–H and O–H groups in total. The van der Waals surface area contributed by atoms with Gasteiger partial charge in [0.05, 0.1) is 0 Å². The van der Waals surface area contributed by atoms with E-state index in [2.05, 4.69) is 53.4 Å². The summed E-state index contributed by atoms with van der Waals surface area (Å²) in [5, 5.41) is 0. The van der Waals surface area contributed by atoms with Crippen LogP contribution in [0.5, 0.6) is 0 Å². The van der Waals surface area contributed by atoms with Crippen LogP contribution in [0, 0.1) is 16.2 Å². The van der Waals surface area contributed by atoms with Crippen LogP contribution < -0.4 is 0 Å². The van der Waals surface area contributed by atoms with E-state index in [4.69, 9.17) is 0 Å². The summed E-state index contributed by atoms with van der Waals surface area (Å²) >= 11 is 0. The van der Waals surface area contributed by atoms with Crippen molar-refractivity contribution in [2.75, 3.05) is 19.6 Å². The van der Waals surface area contributed by atoms with E-state index in [0.717, 1.165) is 0 Å². The highest BCUT2D eigenvalue weighted by atomic mass is 15.1. The van der Waals surface area contributed by atoms with Crippen molar-refractivity contribution in [3.05, 3.63) is 0 Å². The molecule has 0 aromatic carbocycles. The van der Waals surface area contributed by atoms with Crippen molar-refractivity contribution in [3.8, 4) is 0 Å². The first-order valence-corrected chi connectivity index (χ1v) is 7.22. The Labute approximate surface area is 109 Å². The van der Waals surface area contributed by atoms with Crippen LogP contribution in [0.25, 0.3) is 0 Å². The average molecular weight is 239 g/mol. The standard InChI is InChI=1S/C16H33N/c1-14(2,3)12-16(7)8-10-17(11-9-16)13-15(4,5)6/h8-13H2,1-7H3. The molecule has 0 atom stereocenters. The van der Waals surface area contributed by atoms with Gasteiger partial charge in [0.1, 0.15) is 0 Å². The Hall–Kier alpha value is -0.0400. The van der Waals surface area contributed by atoms with E-state index in [-0.39, 0.29) is 0 Å². The van der Waals surface area contributed by atoms with E-state index in [1.165, 1.54) is 38.9 Å². The van der Waals surface area contributed by atoms with Crippen LogP contribution in [0.4, 0.5) is 0 Å². The highest BCUT2D eigenvalue weighted by Gasteiger charge is 2.34. The number of hydrogen-bond acceptors (Lipinski definition) is 1. The van der Waals surface area contributed by atoms with E-state index >= 15 is 0 Å². The molecule has 0 saturated carbocycles. The lowest BCUT2D eigenvalue weighted by Gasteiger charge is -2.44. The van der Waals surface area contributed by atoms with Crippen molar-refractivity contribution in [2.45, 2.75) is 67.7 Å². The normalized spacial score (nSPS) is 22.8. The SMILES string of the molecule is CC(C)(C)CN1CCC(C)(CC(C)(C)C)CC1. The first-order valence-electron chi connectivity index (χ1n) is 7.22. The molecule has 0 spiro atoms. The fraction of sp³-hybridized carbons (Fsp3) is 1.00. The molecule has 0 aromatic rings. The zero-order valence-corrected chi connectivity index (χ0v) is 13.2. The fourth-order valence-corrected chi connectivity index (χ4v) is 3.38. The van der Waals surface area contributed by atoms with Crippen LogP contribution in [-0.2, 0) is 0 Å². The van der Waals surface area contributed by atoms with Gasteiger partial charge in [0.25, 0.3) is 0 Å². The number of rotatable bonds is 2. The minimum absolute atomic E-state index is 0.442. The van der Waals surface area contributed by atoms with Crippen LogP contribution in [0.2, 0.25) is 0 Å². The molecule has 1 fully saturated rings. The first-order chi connectivity index (χ1) is 7.49. The van der Waals surface area contributed by atoms with Gasteiger partial charge in [-0.15, -0.1) is 0 Å². The molecule has 0 unspecified atom stereocenters. The third-order valence-corrected chi connectivity index (χ3v) is 3.72. The van der Waals surface area contributed by atoms with Crippen LogP contribution in [-0.4, -0.2) is 24.5 Å². The van der Waals surface area contributed by atoms with Gasteiger partial charge < -0.3 is 4.90 Å². The van der Waals surface area contributed by atoms with Gasteiger partial charge in [-0.2, -0.15) is 0 Å². The molecule has 0 radical (unpaired) electrons. The third kappa shape index (κ3) is 5.90. The maximum absolute atomic E-state index is 2.66. The molecule has 1 rings (SSSR count). The lowest BCUT2D eigenvalue weighted by molar-refractivity contribution is 0.0610. The van der Waals surface area contributed by atoms with Gasteiger partial charge in [0, 0.05) is 6.54 Å². The number of nitrogens with zero attached hydrogens (tertiary/aromatic N) is 1. The van der Waals surface area contributed by atoms with Crippen molar-refractivity contribution in [1.82, 2.24) is 4.90 Å². The summed E-state index contributed by atoms with van der Waals surface area (Å²) < 4.78 is 0. The van der Waals surface area contributed by atoms with Crippen molar-refractivity contribution >= 4 is 0 Å². The molecular weight excluding hydrogens is 206 g/mol. The number of likely N-dealkylation sites (tertiary alicyclic amines) is 1. The maximum Gasteiger partial charge on any atom is 0.00300 e. The predicted octanol–water partition coefficient (Wildman–Crippen LogP) is 4.57. The van der Waals surface area contributed by atoms with Gasteiger partial charge >= 0.3 is 0 Å². The molecule has 1 nitrogen and oxygen atoms in total. The number of hydrogen-bond donors (Lipinski definition) is 0. The molecule has 1 heteroatoms. The smallest absolute Gasteiger partial charge is 0.00300 e. The van der Waals surface area contributed by atoms with E-state index in [1.807, 2.05) is 0 Å². The molecule has 0 amide bonds. The molecule has 1 saturated heterocycles. The molecule has 1 heterocycles. The summed E-state index contributed by atoms with van der Waals surface area (Å²) in [4.78, 5) is 2.66. The molecule has 102 valence electrons. The van der Waals surface area contributed by atoms with Crippen LogP contribution in [0.3, 0.4) is 0 Å². The molecule has 0 aromatic heterocycles. The third-order valence-electron chi connectivity index (χ3n) is 3.72. The monoisotopic (exact) mass is 239 g/mol. The van der Waals surface area contributed by atoms with Crippen molar-refractivity contribution < 1.29 is 0 Å². The van der Waals surface area contributed by atoms with Gasteiger partial charge in [0.15, 0.2) is 0 Å². The molecule has 17 heavy (non-hydrogen) atoms. The van der Waals surface area contributed by atoms with Crippen LogP contribution in [0.1, 0.15) is 67.7 Å². The van der Waals surface area contributed by atoms with Gasteiger partial charge in [-0.1, -0.05) is 48.5 Å². The lowest BCUT2D eigenvalue weighted by Crippen LogP contribution is -2.43. The first kappa shape index (κ1) is 15.0. The van der Waals surface area contributed by atoms with Gasteiger partial charge in [-0.3, -0.25) is 0 Å².